The molecule has 8 heteroatoms. The Bertz CT molecular complexity index is 951. The number of hydrogen-bond acceptors (Lipinski definition) is 7. The number of ether oxygens (including phenoxy) is 2. The number of methoxy groups -OCH3 is 1. The van der Waals surface area contributed by atoms with Crippen LogP contribution in [0.25, 0.3) is 6.08 Å². The first-order chi connectivity index (χ1) is 15.5. The second kappa shape index (κ2) is 11.2. The van der Waals surface area contributed by atoms with Gasteiger partial charge in [0, 0.05) is 43.6 Å². The Hall–Kier alpha value is -3.52. The van der Waals surface area contributed by atoms with Gasteiger partial charge in [-0.1, -0.05) is 13.0 Å². The molecule has 1 aliphatic heterocycles. The van der Waals surface area contributed by atoms with Gasteiger partial charge in [-0.25, -0.2) is 4.79 Å². The van der Waals surface area contributed by atoms with Crippen molar-refractivity contribution in [3.63, 3.8) is 0 Å². The van der Waals surface area contributed by atoms with Crippen molar-refractivity contribution in [2.24, 2.45) is 0 Å². The molecule has 0 radical (unpaired) electrons. The van der Waals surface area contributed by atoms with Crippen molar-refractivity contribution in [1.29, 1.82) is 0 Å². The van der Waals surface area contributed by atoms with E-state index in [9.17, 15) is 14.7 Å². The summed E-state index contributed by atoms with van der Waals surface area (Å²) in [7, 11) is 1.44. The van der Waals surface area contributed by atoms with E-state index in [2.05, 4.69) is 22.0 Å². The summed E-state index contributed by atoms with van der Waals surface area (Å²) in [4.78, 5) is 28.7. The van der Waals surface area contributed by atoms with E-state index in [0.29, 0.717) is 17.0 Å². The molecule has 0 bridgehead atoms. The molecule has 0 aromatic heterocycles. The van der Waals surface area contributed by atoms with E-state index in [4.69, 9.17) is 9.47 Å². The summed E-state index contributed by atoms with van der Waals surface area (Å²) in [6.07, 6.45) is 2.73. The molecule has 1 aliphatic rings. The molecule has 0 aliphatic carbocycles. The second-order valence-electron chi connectivity index (χ2n) is 7.39. The molecular formula is C24H29N3O5. The SMILES string of the molecule is CCN1CCN(c2ccc(NC(=O)COC(=O)/C=C/c3ccc(O)c(OC)c3)cc2)CC1. The minimum atomic E-state index is -0.645. The average Bonchev–Trinajstić information content (AvgIpc) is 2.82. The normalized spacial score (nSPS) is 14.4. The first-order valence-corrected chi connectivity index (χ1v) is 10.6. The number of hydrogen-bond donors (Lipinski definition) is 2. The minimum absolute atomic E-state index is 0.0102. The number of phenols is 1. The molecular weight excluding hydrogens is 410 g/mol. The number of benzene rings is 2. The molecule has 0 unspecified atom stereocenters. The fraction of sp³-hybridized carbons (Fsp3) is 0.333. The standard InChI is InChI=1S/C24H29N3O5/c1-3-26-12-14-27(15-13-26)20-8-6-19(7-9-20)25-23(29)17-32-24(30)11-5-18-4-10-21(28)22(16-18)31-2/h4-11,16,28H,3,12-15,17H2,1-2H3,(H,25,29)/b11-5+. The number of carbonyl (C=O) groups excluding carboxylic acids is 2. The zero-order valence-corrected chi connectivity index (χ0v) is 18.4. The molecule has 8 nitrogen and oxygen atoms in total. The van der Waals surface area contributed by atoms with Crippen LogP contribution in [-0.2, 0) is 14.3 Å². The quantitative estimate of drug-likeness (QED) is 0.483. The molecule has 1 fully saturated rings. The van der Waals surface area contributed by atoms with E-state index >= 15 is 0 Å². The van der Waals surface area contributed by atoms with Gasteiger partial charge < -0.3 is 29.7 Å². The highest BCUT2D eigenvalue weighted by Gasteiger charge is 2.15. The molecule has 32 heavy (non-hydrogen) atoms. The van der Waals surface area contributed by atoms with Gasteiger partial charge in [0.1, 0.15) is 0 Å². The van der Waals surface area contributed by atoms with E-state index in [0.717, 1.165) is 38.4 Å². The number of piperazine rings is 1. The highest BCUT2D eigenvalue weighted by molar-refractivity contribution is 5.94. The molecule has 2 aromatic rings. The molecule has 1 saturated heterocycles. The van der Waals surface area contributed by atoms with Crippen LogP contribution < -0.4 is 15.0 Å². The van der Waals surface area contributed by atoms with Crippen molar-refractivity contribution < 1.29 is 24.2 Å². The third kappa shape index (κ3) is 6.49. The Morgan fingerprint density at radius 2 is 1.81 bits per heavy atom. The van der Waals surface area contributed by atoms with Crippen LogP contribution in [0, 0.1) is 0 Å². The first-order valence-electron chi connectivity index (χ1n) is 10.6. The van der Waals surface area contributed by atoms with E-state index in [-0.39, 0.29) is 12.4 Å². The van der Waals surface area contributed by atoms with Crippen LogP contribution in [0.1, 0.15) is 12.5 Å². The molecule has 1 heterocycles. The lowest BCUT2D eigenvalue weighted by Crippen LogP contribution is -2.46. The van der Waals surface area contributed by atoms with Gasteiger partial charge in [-0.2, -0.15) is 0 Å². The zero-order valence-electron chi connectivity index (χ0n) is 18.4. The van der Waals surface area contributed by atoms with Crippen LogP contribution in [0.15, 0.2) is 48.5 Å². The Morgan fingerprint density at radius 1 is 1.09 bits per heavy atom. The van der Waals surface area contributed by atoms with Gasteiger partial charge in [-0.15, -0.1) is 0 Å². The number of carbonyl (C=O) groups is 2. The molecule has 3 rings (SSSR count). The Morgan fingerprint density at radius 3 is 2.47 bits per heavy atom. The fourth-order valence-electron chi connectivity index (χ4n) is 3.42. The highest BCUT2D eigenvalue weighted by atomic mass is 16.5. The average molecular weight is 440 g/mol. The highest BCUT2D eigenvalue weighted by Crippen LogP contribution is 2.26. The van der Waals surface area contributed by atoms with Gasteiger partial charge in [0.25, 0.3) is 5.91 Å². The van der Waals surface area contributed by atoms with Crippen LogP contribution in [0.3, 0.4) is 0 Å². The van der Waals surface area contributed by atoms with Gasteiger partial charge in [0.05, 0.1) is 7.11 Å². The smallest absolute Gasteiger partial charge is 0.331 e. The molecule has 0 spiro atoms. The third-order valence-corrected chi connectivity index (χ3v) is 5.30. The van der Waals surface area contributed by atoms with Crippen molar-refractivity contribution >= 4 is 29.3 Å². The zero-order chi connectivity index (χ0) is 22.9. The number of nitrogens with one attached hydrogen (secondary N) is 1. The lowest BCUT2D eigenvalue weighted by atomic mass is 10.2. The van der Waals surface area contributed by atoms with Gasteiger partial charge >= 0.3 is 5.97 Å². The molecule has 1 amide bonds. The van der Waals surface area contributed by atoms with Gasteiger partial charge in [-0.05, 0) is 54.6 Å². The van der Waals surface area contributed by atoms with E-state index in [1.54, 1.807) is 12.1 Å². The summed E-state index contributed by atoms with van der Waals surface area (Å²) < 4.78 is 10.0. The fourth-order valence-corrected chi connectivity index (χ4v) is 3.42. The largest absolute Gasteiger partial charge is 0.504 e. The number of amides is 1. The summed E-state index contributed by atoms with van der Waals surface area (Å²) in [5, 5.41) is 12.3. The van der Waals surface area contributed by atoms with E-state index in [1.807, 2.05) is 24.3 Å². The maximum absolute atomic E-state index is 12.1. The molecule has 0 saturated carbocycles. The first kappa shape index (κ1) is 23.1. The van der Waals surface area contributed by atoms with Crippen LogP contribution in [0.5, 0.6) is 11.5 Å². The Labute approximate surface area is 188 Å². The van der Waals surface area contributed by atoms with Crippen molar-refractivity contribution in [3.8, 4) is 11.5 Å². The second-order valence-corrected chi connectivity index (χ2v) is 7.39. The Kier molecular flexibility index (Phi) is 8.10. The molecule has 2 N–H and O–H groups in total. The topological polar surface area (TPSA) is 91.3 Å². The number of esters is 1. The number of rotatable bonds is 8. The summed E-state index contributed by atoms with van der Waals surface area (Å²) >= 11 is 0. The molecule has 0 atom stereocenters. The number of likely N-dealkylation sites (N-methyl/N-ethyl adjacent to an activating group) is 1. The summed E-state index contributed by atoms with van der Waals surface area (Å²) in [5.74, 6) is -0.749. The monoisotopic (exact) mass is 439 g/mol. The van der Waals surface area contributed by atoms with Crippen LogP contribution in [0.2, 0.25) is 0 Å². The van der Waals surface area contributed by atoms with E-state index < -0.39 is 11.9 Å². The van der Waals surface area contributed by atoms with Crippen molar-refractivity contribution in [2.45, 2.75) is 6.92 Å². The van der Waals surface area contributed by atoms with Gasteiger partial charge in [0.15, 0.2) is 18.1 Å². The summed E-state index contributed by atoms with van der Waals surface area (Å²) in [6.45, 7) is 6.94. The number of aromatic hydroxyl groups is 1. The molecule has 2 aromatic carbocycles. The number of anilines is 2. The van der Waals surface area contributed by atoms with Crippen molar-refractivity contribution in [3.05, 3.63) is 54.1 Å². The van der Waals surface area contributed by atoms with E-state index in [1.165, 1.54) is 25.3 Å². The van der Waals surface area contributed by atoms with Crippen LogP contribution in [-0.4, -0.2) is 68.3 Å². The van der Waals surface area contributed by atoms with Gasteiger partial charge in [0.2, 0.25) is 0 Å². The maximum atomic E-state index is 12.1. The minimum Gasteiger partial charge on any atom is -0.504 e. The maximum Gasteiger partial charge on any atom is 0.331 e. The summed E-state index contributed by atoms with van der Waals surface area (Å²) in [5.41, 5.74) is 2.42. The molecule has 170 valence electrons. The van der Waals surface area contributed by atoms with Crippen molar-refractivity contribution in [2.75, 3.05) is 56.7 Å². The lowest BCUT2D eigenvalue weighted by Gasteiger charge is -2.35. The third-order valence-electron chi connectivity index (χ3n) is 5.30. The number of phenolic OH excluding ortho intramolecular Hbond substituents is 1. The predicted molar refractivity (Wildman–Crippen MR) is 124 cm³/mol. The lowest BCUT2D eigenvalue weighted by molar-refractivity contribution is -0.142. The van der Waals surface area contributed by atoms with Crippen LogP contribution >= 0.6 is 0 Å². The number of nitrogens with zero attached hydrogens (tertiary/aromatic N) is 2. The summed E-state index contributed by atoms with van der Waals surface area (Å²) in [6, 6.07) is 12.3. The Balaban J connectivity index is 1.44. The predicted octanol–water partition coefficient (Wildman–Crippen LogP) is 2.74. The van der Waals surface area contributed by atoms with Gasteiger partial charge in [-0.3, -0.25) is 4.79 Å². The van der Waals surface area contributed by atoms with Crippen LogP contribution in [0.4, 0.5) is 11.4 Å². The van der Waals surface area contributed by atoms with Crippen molar-refractivity contribution in [1.82, 2.24) is 4.90 Å².